The molecular formula is C22H24N6O. The first-order chi connectivity index (χ1) is 14.3. The zero-order valence-corrected chi connectivity index (χ0v) is 16.2. The molecule has 0 bridgehead atoms. The van der Waals surface area contributed by atoms with Crippen LogP contribution in [0.25, 0.3) is 11.3 Å². The van der Waals surface area contributed by atoms with Crippen LogP contribution in [0.2, 0.25) is 0 Å². The molecular weight excluding hydrogens is 364 g/mol. The van der Waals surface area contributed by atoms with Gasteiger partial charge >= 0.3 is 0 Å². The zero-order chi connectivity index (χ0) is 20.1. The van der Waals surface area contributed by atoms with E-state index in [1.165, 1.54) is 0 Å². The van der Waals surface area contributed by atoms with Gasteiger partial charge in [-0.15, -0.1) is 0 Å². The molecule has 148 valence electrons. The number of H-pyrrole nitrogens is 1. The van der Waals surface area contributed by atoms with Gasteiger partial charge in [0, 0.05) is 31.8 Å². The number of aromatic amines is 1. The molecule has 3 heterocycles. The lowest BCUT2D eigenvalue weighted by Gasteiger charge is -2.32. The van der Waals surface area contributed by atoms with Gasteiger partial charge in [-0.1, -0.05) is 12.1 Å². The van der Waals surface area contributed by atoms with Gasteiger partial charge in [-0.05, 0) is 48.6 Å². The van der Waals surface area contributed by atoms with Crippen LogP contribution >= 0.6 is 0 Å². The number of rotatable bonds is 6. The van der Waals surface area contributed by atoms with Crippen molar-refractivity contribution in [3.8, 4) is 17.3 Å². The highest BCUT2D eigenvalue weighted by Gasteiger charge is 2.18. The van der Waals surface area contributed by atoms with Gasteiger partial charge in [0.1, 0.15) is 5.82 Å². The Morgan fingerprint density at radius 2 is 1.93 bits per heavy atom. The summed E-state index contributed by atoms with van der Waals surface area (Å²) in [7, 11) is 0. The van der Waals surface area contributed by atoms with E-state index in [0.717, 1.165) is 54.3 Å². The van der Waals surface area contributed by atoms with E-state index in [4.69, 9.17) is 5.26 Å². The summed E-state index contributed by atoms with van der Waals surface area (Å²) in [5.74, 6) is 1.24. The number of benzene rings is 1. The third kappa shape index (κ3) is 4.39. The Hall–Kier alpha value is -3.37. The molecule has 1 aliphatic heterocycles. The van der Waals surface area contributed by atoms with Gasteiger partial charge in [-0.2, -0.15) is 10.4 Å². The van der Waals surface area contributed by atoms with Crippen molar-refractivity contribution in [2.24, 2.45) is 5.92 Å². The minimum Gasteiger partial charge on any atom is -0.396 e. The maximum Gasteiger partial charge on any atom is 0.126 e. The van der Waals surface area contributed by atoms with E-state index >= 15 is 0 Å². The lowest BCUT2D eigenvalue weighted by atomic mass is 9.98. The van der Waals surface area contributed by atoms with Crippen LogP contribution in [0, 0.1) is 17.2 Å². The lowest BCUT2D eigenvalue weighted by molar-refractivity contribution is 0.203. The highest BCUT2D eigenvalue weighted by Crippen LogP contribution is 2.24. The van der Waals surface area contributed by atoms with E-state index < -0.39 is 0 Å². The molecule has 0 radical (unpaired) electrons. The standard InChI is InChI=1S/C22H24N6O/c23-11-16-1-3-18(4-2-16)22-19(13-26-27-22)12-24-21-6-5-20(14-25-21)28-9-7-17(15-29)8-10-28/h1-6,13-14,17,29H,7-10,12,15H2,(H,24,25)(H,26,27). The summed E-state index contributed by atoms with van der Waals surface area (Å²) in [6.07, 6.45) is 5.75. The Morgan fingerprint density at radius 3 is 2.59 bits per heavy atom. The average molecular weight is 388 g/mol. The van der Waals surface area contributed by atoms with Crippen molar-refractivity contribution in [1.29, 1.82) is 5.26 Å². The van der Waals surface area contributed by atoms with Crippen molar-refractivity contribution in [3.05, 3.63) is 59.9 Å². The Bertz CT molecular complexity index is 966. The van der Waals surface area contributed by atoms with E-state index in [1.54, 1.807) is 18.3 Å². The first-order valence-corrected chi connectivity index (χ1v) is 9.85. The maximum absolute atomic E-state index is 9.28. The summed E-state index contributed by atoms with van der Waals surface area (Å²) >= 11 is 0. The van der Waals surface area contributed by atoms with Gasteiger partial charge < -0.3 is 15.3 Å². The van der Waals surface area contributed by atoms with Crippen LogP contribution in [0.15, 0.2) is 48.8 Å². The van der Waals surface area contributed by atoms with Crippen molar-refractivity contribution in [2.45, 2.75) is 19.4 Å². The fourth-order valence-corrected chi connectivity index (χ4v) is 3.64. The number of nitriles is 1. The van der Waals surface area contributed by atoms with Crippen molar-refractivity contribution >= 4 is 11.5 Å². The Balaban J connectivity index is 1.38. The number of aliphatic hydroxyl groups is 1. The number of nitrogens with one attached hydrogen (secondary N) is 2. The highest BCUT2D eigenvalue weighted by molar-refractivity contribution is 5.64. The quantitative estimate of drug-likeness (QED) is 0.600. The number of aliphatic hydroxyl groups excluding tert-OH is 1. The van der Waals surface area contributed by atoms with Crippen LogP contribution in [-0.2, 0) is 6.54 Å². The molecule has 1 fully saturated rings. The lowest BCUT2D eigenvalue weighted by Crippen LogP contribution is -2.34. The van der Waals surface area contributed by atoms with Crippen LogP contribution in [-0.4, -0.2) is 40.0 Å². The number of piperidine rings is 1. The van der Waals surface area contributed by atoms with Crippen LogP contribution in [0.1, 0.15) is 24.0 Å². The minimum atomic E-state index is 0.285. The fourth-order valence-electron chi connectivity index (χ4n) is 3.64. The van der Waals surface area contributed by atoms with Crippen molar-refractivity contribution < 1.29 is 5.11 Å². The van der Waals surface area contributed by atoms with Gasteiger partial charge in [0.25, 0.3) is 0 Å². The molecule has 7 nitrogen and oxygen atoms in total. The third-order valence-corrected chi connectivity index (χ3v) is 5.47. The van der Waals surface area contributed by atoms with Gasteiger partial charge in [-0.25, -0.2) is 4.98 Å². The summed E-state index contributed by atoms with van der Waals surface area (Å²) in [4.78, 5) is 6.87. The predicted octanol–water partition coefficient (Wildman–Crippen LogP) is 3.16. The van der Waals surface area contributed by atoms with Crippen molar-refractivity contribution in [2.75, 3.05) is 29.9 Å². The third-order valence-electron chi connectivity index (χ3n) is 5.47. The number of nitrogens with zero attached hydrogens (tertiary/aromatic N) is 4. The first-order valence-electron chi connectivity index (χ1n) is 9.85. The molecule has 0 atom stereocenters. The monoisotopic (exact) mass is 388 g/mol. The maximum atomic E-state index is 9.28. The summed E-state index contributed by atoms with van der Waals surface area (Å²) in [6.45, 7) is 2.80. The second-order valence-corrected chi connectivity index (χ2v) is 7.33. The molecule has 29 heavy (non-hydrogen) atoms. The zero-order valence-electron chi connectivity index (χ0n) is 16.2. The number of anilines is 2. The van der Waals surface area contributed by atoms with Gasteiger partial charge in [0.05, 0.1) is 35.4 Å². The first kappa shape index (κ1) is 19.0. The SMILES string of the molecule is N#Cc1ccc(-c2[nH]ncc2CNc2ccc(N3CCC(CO)CC3)cn2)cc1. The molecule has 1 saturated heterocycles. The van der Waals surface area contributed by atoms with Crippen molar-refractivity contribution in [3.63, 3.8) is 0 Å². The largest absolute Gasteiger partial charge is 0.396 e. The van der Waals surface area contributed by atoms with E-state index in [0.29, 0.717) is 18.0 Å². The summed E-state index contributed by atoms with van der Waals surface area (Å²) < 4.78 is 0. The van der Waals surface area contributed by atoms with E-state index in [1.807, 2.05) is 24.4 Å². The molecule has 2 aromatic heterocycles. The molecule has 0 amide bonds. The van der Waals surface area contributed by atoms with Gasteiger partial charge in [-0.3, -0.25) is 5.10 Å². The summed E-state index contributed by atoms with van der Waals surface area (Å²) in [5.41, 5.74) is 4.72. The molecule has 0 saturated carbocycles. The second kappa shape index (κ2) is 8.76. The van der Waals surface area contributed by atoms with Crippen LogP contribution in [0.3, 0.4) is 0 Å². The second-order valence-electron chi connectivity index (χ2n) is 7.33. The highest BCUT2D eigenvalue weighted by atomic mass is 16.3. The number of hydrogen-bond acceptors (Lipinski definition) is 6. The van der Waals surface area contributed by atoms with Crippen LogP contribution < -0.4 is 10.2 Å². The molecule has 3 aromatic rings. The molecule has 4 rings (SSSR count). The Kier molecular flexibility index (Phi) is 5.73. The van der Waals surface area contributed by atoms with Crippen LogP contribution in [0.5, 0.6) is 0 Å². The number of pyridine rings is 1. The molecule has 1 aliphatic rings. The van der Waals surface area contributed by atoms with E-state index in [-0.39, 0.29) is 6.61 Å². The number of hydrogen-bond donors (Lipinski definition) is 3. The van der Waals surface area contributed by atoms with Gasteiger partial charge in [0.15, 0.2) is 0 Å². The number of aromatic nitrogens is 3. The molecule has 0 aliphatic carbocycles. The van der Waals surface area contributed by atoms with Crippen molar-refractivity contribution in [1.82, 2.24) is 15.2 Å². The average Bonchev–Trinajstić information content (AvgIpc) is 3.27. The van der Waals surface area contributed by atoms with Gasteiger partial charge in [0.2, 0.25) is 0 Å². The topological polar surface area (TPSA) is 101 Å². The van der Waals surface area contributed by atoms with E-state index in [9.17, 15) is 5.11 Å². The van der Waals surface area contributed by atoms with Crippen LogP contribution in [0.4, 0.5) is 11.5 Å². The smallest absolute Gasteiger partial charge is 0.126 e. The minimum absolute atomic E-state index is 0.285. The van der Waals surface area contributed by atoms with E-state index in [2.05, 4.69) is 37.5 Å². The molecule has 3 N–H and O–H groups in total. The Morgan fingerprint density at radius 1 is 1.14 bits per heavy atom. The molecule has 0 unspecified atom stereocenters. The molecule has 7 heteroatoms. The fraction of sp³-hybridized carbons (Fsp3) is 0.318. The normalized spacial score (nSPS) is 14.6. The summed E-state index contributed by atoms with van der Waals surface area (Å²) in [6, 6.07) is 13.7. The molecule has 0 spiro atoms. The molecule has 1 aromatic carbocycles. The summed E-state index contributed by atoms with van der Waals surface area (Å²) in [5, 5.41) is 28.8. The Labute approximate surface area is 170 Å². The predicted molar refractivity (Wildman–Crippen MR) is 112 cm³/mol.